The molecule has 5 heteroatoms. The third kappa shape index (κ3) is 2.48. The topological polar surface area (TPSA) is 51.2 Å². The highest BCUT2D eigenvalue weighted by Gasteiger charge is 2.55. The van der Waals surface area contributed by atoms with Crippen LogP contribution in [0.15, 0.2) is 42.0 Å². The Morgan fingerprint density at radius 2 is 1.96 bits per heavy atom. The lowest BCUT2D eigenvalue weighted by molar-refractivity contribution is -0.133. The predicted octanol–water partition coefficient (Wildman–Crippen LogP) is 4.23. The number of benzene rings is 1. The largest absolute Gasteiger partial charge is 0.294 e. The summed E-state index contributed by atoms with van der Waals surface area (Å²) in [6.07, 6.45) is 4.99. The summed E-state index contributed by atoms with van der Waals surface area (Å²) in [6.45, 7) is 1.90. The normalized spacial score (nSPS) is 26.7. The smallest absolute Gasteiger partial charge is 0.179 e. The fourth-order valence-electron chi connectivity index (χ4n) is 3.37. The van der Waals surface area contributed by atoms with Crippen molar-refractivity contribution in [3.8, 4) is 0 Å². The molecule has 0 N–H and O–H groups in total. The maximum atomic E-state index is 13.2. The van der Waals surface area contributed by atoms with Crippen molar-refractivity contribution in [2.45, 2.75) is 19.8 Å². The predicted molar refractivity (Wildman–Crippen MR) is 88.9 cm³/mol. The Morgan fingerprint density at radius 3 is 2.65 bits per heavy atom. The van der Waals surface area contributed by atoms with Crippen LogP contribution >= 0.6 is 23.2 Å². The molecule has 23 heavy (non-hydrogen) atoms. The van der Waals surface area contributed by atoms with Crippen molar-refractivity contribution in [1.82, 2.24) is 0 Å². The van der Waals surface area contributed by atoms with E-state index in [-0.39, 0.29) is 28.6 Å². The highest BCUT2D eigenvalue weighted by molar-refractivity contribution is 6.38. The van der Waals surface area contributed by atoms with Crippen LogP contribution in [0.4, 0.5) is 0 Å². The Labute approximate surface area is 144 Å². The van der Waals surface area contributed by atoms with Gasteiger partial charge in [0.1, 0.15) is 5.41 Å². The molecule has 2 aliphatic rings. The number of carbonyl (C=O) groups is 3. The van der Waals surface area contributed by atoms with E-state index >= 15 is 0 Å². The van der Waals surface area contributed by atoms with Crippen molar-refractivity contribution in [2.24, 2.45) is 11.3 Å². The number of carbonyl (C=O) groups excluding carboxylic acids is 3. The Balaban J connectivity index is 2.16. The molecule has 118 valence electrons. The molecule has 0 aromatic heterocycles. The van der Waals surface area contributed by atoms with Gasteiger partial charge in [0.15, 0.2) is 17.3 Å². The fraction of sp³-hybridized carbons (Fsp3) is 0.278. The zero-order valence-electron chi connectivity index (χ0n) is 12.4. The van der Waals surface area contributed by atoms with Gasteiger partial charge in [-0.3, -0.25) is 14.4 Å². The summed E-state index contributed by atoms with van der Waals surface area (Å²) >= 11 is 12.0. The van der Waals surface area contributed by atoms with Gasteiger partial charge in [0.05, 0.1) is 5.02 Å². The summed E-state index contributed by atoms with van der Waals surface area (Å²) in [4.78, 5) is 38.2. The van der Waals surface area contributed by atoms with Gasteiger partial charge in [-0.2, -0.15) is 0 Å². The monoisotopic (exact) mass is 348 g/mol. The Kier molecular flexibility index (Phi) is 4.03. The third-order valence-corrected chi connectivity index (χ3v) is 5.20. The molecular formula is C18H14Cl2O3. The van der Waals surface area contributed by atoms with Crippen LogP contribution < -0.4 is 0 Å². The zero-order chi connectivity index (χ0) is 16.8. The molecule has 0 saturated heterocycles. The maximum Gasteiger partial charge on any atom is 0.179 e. The number of ketones is 3. The van der Waals surface area contributed by atoms with Crippen molar-refractivity contribution in [3.05, 3.63) is 57.6 Å². The maximum absolute atomic E-state index is 13.2. The molecule has 2 unspecified atom stereocenters. The summed E-state index contributed by atoms with van der Waals surface area (Å²) < 4.78 is 0. The lowest BCUT2D eigenvalue weighted by Crippen LogP contribution is -2.51. The highest BCUT2D eigenvalue weighted by atomic mass is 35.5. The van der Waals surface area contributed by atoms with E-state index in [1.807, 2.05) is 13.0 Å². The van der Waals surface area contributed by atoms with Crippen molar-refractivity contribution in [1.29, 1.82) is 0 Å². The van der Waals surface area contributed by atoms with Gasteiger partial charge in [0.2, 0.25) is 0 Å². The molecule has 0 saturated carbocycles. The van der Waals surface area contributed by atoms with Gasteiger partial charge in [-0.05, 0) is 50.1 Å². The van der Waals surface area contributed by atoms with Crippen molar-refractivity contribution >= 4 is 40.6 Å². The molecule has 2 atom stereocenters. The fourth-order valence-corrected chi connectivity index (χ4v) is 3.87. The molecule has 0 bridgehead atoms. The summed E-state index contributed by atoms with van der Waals surface area (Å²) in [5.74, 6) is -1.59. The van der Waals surface area contributed by atoms with Crippen LogP contribution in [0.1, 0.15) is 30.1 Å². The van der Waals surface area contributed by atoms with Gasteiger partial charge < -0.3 is 0 Å². The van der Waals surface area contributed by atoms with Crippen LogP contribution in [-0.4, -0.2) is 17.3 Å². The number of hydrogen-bond donors (Lipinski definition) is 0. The number of allylic oxidation sites excluding steroid dienone is 4. The van der Waals surface area contributed by atoms with E-state index in [9.17, 15) is 14.4 Å². The standard InChI is InChI=1S/C18H14Cl2O3/c1-10-6-7-18(13(8-10)15(21)4-5-16(18)22)17(23)12-3-2-11(19)9-14(12)20/h2-6,9,13H,7-8H2,1H3. The van der Waals surface area contributed by atoms with Crippen LogP contribution in [0.5, 0.6) is 0 Å². The first-order valence-electron chi connectivity index (χ1n) is 7.28. The van der Waals surface area contributed by atoms with Gasteiger partial charge in [-0.25, -0.2) is 0 Å². The zero-order valence-corrected chi connectivity index (χ0v) is 13.9. The van der Waals surface area contributed by atoms with E-state index in [1.54, 1.807) is 6.07 Å². The Bertz CT molecular complexity index is 791. The lowest BCUT2D eigenvalue weighted by atomic mass is 9.58. The van der Waals surface area contributed by atoms with Gasteiger partial charge >= 0.3 is 0 Å². The molecule has 3 rings (SSSR count). The van der Waals surface area contributed by atoms with E-state index in [4.69, 9.17) is 23.2 Å². The highest BCUT2D eigenvalue weighted by Crippen LogP contribution is 2.47. The van der Waals surface area contributed by atoms with Crippen LogP contribution in [0.2, 0.25) is 10.0 Å². The Hall–Kier alpha value is -1.71. The van der Waals surface area contributed by atoms with Crippen LogP contribution in [0.25, 0.3) is 0 Å². The first kappa shape index (κ1) is 16.2. The molecule has 1 aromatic rings. The first-order chi connectivity index (χ1) is 10.9. The lowest BCUT2D eigenvalue weighted by Gasteiger charge is -2.40. The number of rotatable bonds is 2. The Morgan fingerprint density at radius 1 is 1.22 bits per heavy atom. The minimum absolute atomic E-state index is 0.185. The van der Waals surface area contributed by atoms with E-state index < -0.39 is 17.1 Å². The number of fused-ring (bicyclic) bond motifs is 1. The third-order valence-electron chi connectivity index (χ3n) is 4.66. The molecule has 0 aliphatic heterocycles. The summed E-state index contributed by atoms with van der Waals surface area (Å²) in [7, 11) is 0. The summed E-state index contributed by atoms with van der Waals surface area (Å²) in [6, 6.07) is 4.54. The van der Waals surface area contributed by atoms with Crippen molar-refractivity contribution < 1.29 is 14.4 Å². The van der Waals surface area contributed by atoms with Gasteiger partial charge in [-0.1, -0.05) is 34.9 Å². The molecule has 0 radical (unpaired) electrons. The molecule has 3 nitrogen and oxygen atoms in total. The average molecular weight is 349 g/mol. The van der Waals surface area contributed by atoms with E-state index in [1.165, 1.54) is 24.3 Å². The van der Waals surface area contributed by atoms with Crippen molar-refractivity contribution in [2.75, 3.05) is 0 Å². The minimum Gasteiger partial charge on any atom is -0.294 e. The van der Waals surface area contributed by atoms with Crippen LogP contribution in [0, 0.1) is 11.3 Å². The molecule has 0 spiro atoms. The van der Waals surface area contributed by atoms with Gasteiger partial charge in [0, 0.05) is 16.5 Å². The second-order valence-electron chi connectivity index (χ2n) is 6.04. The molecule has 2 aliphatic carbocycles. The minimum atomic E-state index is -1.39. The van der Waals surface area contributed by atoms with Crippen molar-refractivity contribution in [3.63, 3.8) is 0 Å². The first-order valence-corrected chi connectivity index (χ1v) is 8.03. The number of Topliss-reactive ketones (excluding diaryl/α,β-unsaturated/α-hetero) is 1. The van der Waals surface area contributed by atoms with Crippen LogP contribution in [-0.2, 0) is 9.59 Å². The van der Waals surface area contributed by atoms with Crippen LogP contribution in [0.3, 0.4) is 0 Å². The molecule has 0 amide bonds. The number of hydrogen-bond acceptors (Lipinski definition) is 3. The van der Waals surface area contributed by atoms with Gasteiger partial charge in [0.25, 0.3) is 0 Å². The summed E-state index contributed by atoms with van der Waals surface area (Å²) in [5, 5.41) is 0.600. The quantitative estimate of drug-likeness (QED) is 0.456. The van der Waals surface area contributed by atoms with E-state index in [0.29, 0.717) is 11.4 Å². The second kappa shape index (κ2) is 5.73. The van der Waals surface area contributed by atoms with Gasteiger partial charge in [-0.15, -0.1) is 0 Å². The number of halogens is 2. The average Bonchev–Trinajstić information content (AvgIpc) is 2.51. The molecule has 1 aromatic carbocycles. The second-order valence-corrected chi connectivity index (χ2v) is 6.88. The summed E-state index contributed by atoms with van der Waals surface area (Å²) in [5.41, 5.74) is -0.148. The van der Waals surface area contributed by atoms with E-state index in [0.717, 1.165) is 5.57 Å². The van der Waals surface area contributed by atoms with E-state index in [2.05, 4.69) is 0 Å². The molecule has 0 fully saturated rings. The molecular weight excluding hydrogens is 335 g/mol. The molecule has 0 heterocycles. The SMILES string of the molecule is CC1=CCC2(C(=O)c3ccc(Cl)cc3Cl)C(=O)C=CC(=O)C2C1.